The van der Waals surface area contributed by atoms with Gasteiger partial charge in [0.15, 0.2) is 12.6 Å². The number of amides is 1. The third kappa shape index (κ3) is 5.06. The van der Waals surface area contributed by atoms with Gasteiger partial charge in [0.05, 0.1) is 5.69 Å². The molecule has 1 amide bonds. The second-order valence-electron chi connectivity index (χ2n) is 8.59. The lowest BCUT2D eigenvalue weighted by atomic mass is 10.1. The second-order valence-corrected chi connectivity index (χ2v) is 8.59. The number of aliphatic imine (C=N–C) groups is 1. The predicted octanol–water partition coefficient (Wildman–Crippen LogP) is 2.19. The first-order chi connectivity index (χ1) is 14.7. The zero-order chi connectivity index (χ0) is 20.8. The third-order valence-electron chi connectivity index (χ3n) is 6.41. The van der Waals surface area contributed by atoms with Crippen LogP contribution < -0.4 is 15.0 Å². The number of nitrogens with one attached hydrogen (secondary N) is 1. The van der Waals surface area contributed by atoms with Crippen molar-refractivity contribution in [1.29, 1.82) is 0 Å². The molecule has 1 atom stereocenters. The van der Waals surface area contributed by atoms with E-state index >= 15 is 0 Å². The third-order valence-corrected chi connectivity index (χ3v) is 6.41. The minimum atomic E-state index is 0.0261. The molecule has 1 N–H and O–H groups in total. The van der Waals surface area contributed by atoms with E-state index < -0.39 is 0 Å². The van der Waals surface area contributed by atoms with Crippen molar-refractivity contribution in [2.45, 2.75) is 32.1 Å². The summed E-state index contributed by atoms with van der Waals surface area (Å²) < 4.78 is 5.52. The summed E-state index contributed by atoms with van der Waals surface area (Å²) >= 11 is 0. The van der Waals surface area contributed by atoms with Crippen molar-refractivity contribution in [2.75, 3.05) is 64.4 Å². The Labute approximate surface area is 180 Å². The Morgan fingerprint density at radius 1 is 1.20 bits per heavy atom. The van der Waals surface area contributed by atoms with E-state index in [1.807, 2.05) is 36.2 Å². The fraction of sp³-hybridized carbons (Fsp3) is 0.652. The lowest BCUT2D eigenvalue weighted by Crippen LogP contribution is -2.43. The zero-order valence-electron chi connectivity index (χ0n) is 18.2. The molecule has 2 fully saturated rings. The van der Waals surface area contributed by atoms with Crippen LogP contribution in [0.4, 0.5) is 5.69 Å². The molecule has 0 radical (unpaired) electrons. The fourth-order valence-electron chi connectivity index (χ4n) is 4.85. The van der Waals surface area contributed by atoms with Crippen LogP contribution in [0.25, 0.3) is 0 Å². The topological polar surface area (TPSA) is 60.4 Å². The van der Waals surface area contributed by atoms with Gasteiger partial charge in [-0.2, -0.15) is 0 Å². The molecule has 7 heteroatoms. The van der Waals surface area contributed by atoms with Crippen LogP contribution in [-0.2, 0) is 4.79 Å². The molecule has 0 aromatic heterocycles. The van der Waals surface area contributed by atoms with Gasteiger partial charge in [-0.05, 0) is 56.8 Å². The molecule has 30 heavy (non-hydrogen) atoms. The van der Waals surface area contributed by atoms with Crippen molar-refractivity contribution in [1.82, 2.24) is 15.1 Å². The van der Waals surface area contributed by atoms with Gasteiger partial charge in [-0.1, -0.05) is 18.6 Å². The quantitative estimate of drug-likeness (QED) is 0.440. The SMILES string of the molecule is CN=C(NCCCN1C(=O)COc2ccccc21)N1CCC(CN2CCCCC2)C1. The Morgan fingerprint density at radius 3 is 2.87 bits per heavy atom. The number of rotatable bonds is 6. The monoisotopic (exact) mass is 413 g/mol. The van der Waals surface area contributed by atoms with E-state index in [1.165, 1.54) is 45.3 Å². The average molecular weight is 414 g/mol. The summed E-state index contributed by atoms with van der Waals surface area (Å²) in [6.07, 6.45) is 6.22. The number of fused-ring (bicyclic) bond motifs is 1. The molecule has 164 valence electrons. The van der Waals surface area contributed by atoms with Gasteiger partial charge in [0.25, 0.3) is 5.91 Å². The van der Waals surface area contributed by atoms with Crippen LogP contribution in [0.5, 0.6) is 5.75 Å². The fourth-order valence-corrected chi connectivity index (χ4v) is 4.85. The van der Waals surface area contributed by atoms with E-state index in [1.54, 1.807) is 0 Å². The minimum absolute atomic E-state index is 0.0261. The Kier molecular flexibility index (Phi) is 7.10. The summed E-state index contributed by atoms with van der Waals surface area (Å²) in [5, 5.41) is 3.51. The number of para-hydroxylation sites is 2. The first-order valence-electron chi connectivity index (χ1n) is 11.4. The van der Waals surface area contributed by atoms with Gasteiger partial charge >= 0.3 is 0 Å². The highest BCUT2D eigenvalue weighted by Crippen LogP contribution is 2.31. The van der Waals surface area contributed by atoms with Crippen LogP contribution in [0.2, 0.25) is 0 Å². The van der Waals surface area contributed by atoms with Crippen LogP contribution in [0.15, 0.2) is 29.3 Å². The van der Waals surface area contributed by atoms with E-state index in [4.69, 9.17) is 4.74 Å². The molecular weight excluding hydrogens is 378 g/mol. The molecule has 1 aromatic carbocycles. The van der Waals surface area contributed by atoms with Gasteiger partial charge in [-0.3, -0.25) is 9.79 Å². The summed E-state index contributed by atoms with van der Waals surface area (Å²) in [6.45, 7) is 7.54. The summed E-state index contributed by atoms with van der Waals surface area (Å²) in [4.78, 5) is 23.7. The van der Waals surface area contributed by atoms with Gasteiger partial charge in [0, 0.05) is 39.8 Å². The number of hydrogen-bond acceptors (Lipinski definition) is 4. The Morgan fingerprint density at radius 2 is 2.03 bits per heavy atom. The smallest absolute Gasteiger partial charge is 0.265 e. The van der Waals surface area contributed by atoms with Gasteiger partial charge in [-0.25, -0.2) is 0 Å². The molecule has 3 heterocycles. The number of anilines is 1. The van der Waals surface area contributed by atoms with Crippen molar-refractivity contribution in [2.24, 2.45) is 10.9 Å². The molecule has 0 saturated carbocycles. The lowest BCUT2D eigenvalue weighted by molar-refractivity contribution is -0.121. The molecule has 3 aliphatic heterocycles. The first-order valence-corrected chi connectivity index (χ1v) is 11.4. The molecular formula is C23H35N5O2. The Balaban J connectivity index is 1.21. The van der Waals surface area contributed by atoms with E-state index in [-0.39, 0.29) is 12.5 Å². The molecule has 2 saturated heterocycles. The number of likely N-dealkylation sites (tertiary alicyclic amines) is 2. The van der Waals surface area contributed by atoms with Crippen LogP contribution in [0, 0.1) is 5.92 Å². The lowest BCUT2D eigenvalue weighted by Gasteiger charge is -2.30. The normalized spacial score (nSPS) is 22.8. The first kappa shape index (κ1) is 21.0. The largest absolute Gasteiger partial charge is 0.482 e. The van der Waals surface area contributed by atoms with Gasteiger partial charge in [0.1, 0.15) is 5.75 Å². The second kappa shape index (κ2) is 10.2. The number of carbonyl (C=O) groups is 1. The molecule has 0 spiro atoms. The molecule has 0 bridgehead atoms. The summed E-state index contributed by atoms with van der Waals surface area (Å²) in [5.41, 5.74) is 0.873. The number of hydrogen-bond donors (Lipinski definition) is 1. The van der Waals surface area contributed by atoms with Crippen molar-refractivity contribution in [3.63, 3.8) is 0 Å². The molecule has 1 aromatic rings. The van der Waals surface area contributed by atoms with E-state index in [2.05, 4.69) is 20.1 Å². The number of benzene rings is 1. The highest BCUT2D eigenvalue weighted by atomic mass is 16.5. The number of carbonyl (C=O) groups excluding carboxylic acids is 1. The number of nitrogens with zero attached hydrogens (tertiary/aromatic N) is 4. The van der Waals surface area contributed by atoms with Gasteiger partial charge in [0.2, 0.25) is 0 Å². The van der Waals surface area contributed by atoms with Crippen molar-refractivity contribution < 1.29 is 9.53 Å². The minimum Gasteiger partial charge on any atom is -0.482 e. The van der Waals surface area contributed by atoms with Crippen LogP contribution in [0.3, 0.4) is 0 Å². The van der Waals surface area contributed by atoms with Crippen molar-refractivity contribution in [3.8, 4) is 5.75 Å². The maximum Gasteiger partial charge on any atom is 0.265 e. The number of guanidine groups is 1. The molecule has 0 aliphatic carbocycles. The summed E-state index contributed by atoms with van der Waals surface area (Å²) in [6, 6.07) is 7.75. The highest BCUT2D eigenvalue weighted by molar-refractivity contribution is 5.97. The maximum absolute atomic E-state index is 12.3. The van der Waals surface area contributed by atoms with E-state index in [0.717, 1.165) is 49.4 Å². The molecule has 7 nitrogen and oxygen atoms in total. The van der Waals surface area contributed by atoms with Crippen molar-refractivity contribution in [3.05, 3.63) is 24.3 Å². The average Bonchev–Trinajstić information content (AvgIpc) is 3.24. The standard InChI is InChI=1S/C23H35N5O2/c1-24-23(27-15-10-19(17-27)16-26-12-5-2-6-13-26)25-11-7-14-28-20-8-3-4-9-21(20)30-18-22(28)29/h3-4,8-9,19H,2,5-7,10-18H2,1H3,(H,24,25). The Bertz CT molecular complexity index is 747. The van der Waals surface area contributed by atoms with E-state index in [0.29, 0.717) is 6.54 Å². The maximum atomic E-state index is 12.3. The molecule has 3 aliphatic rings. The number of ether oxygens (including phenoxy) is 1. The van der Waals surface area contributed by atoms with Crippen LogP contribution in [0.1, 0.15) is 32.1 Å². The number of piperidine rings is 1. The summed E-state index contributed by atoms with van der Waals surface area (Å²) in [5.74, 6) is 2.55. The van der Waals surface area contributed by atoms with Gasteiger partial charge in [-0.15, -0.1) is 0 Å². The van der Waals surface area contributed by atoms with Crippen LogP contribution >= 0.6 is 0 Å². The Hall–Kier alpha value is -2.28. The van der Waals surface area contributed by atoms with Gasteiger partial charge < -0.3 is 24.8 Å². The summed E-state index contributed by atoms with van der Waals surface area (Å²) in [7, 11) is 1.86. The highest BCUT2D eigenvalue weighted by Gasteiger charge is 2.27. The predicted molar refractivity (Wildman–Crippen MR) is 120 cm³/mol. The van der Waals surface area contributed by atoms with Crippen LogP contribution in [-0.4, -0.2) is 81.1 Å². The van der Waals surface area contributed by atoms with E-state index in [9.17, 15) is 4.79 Å². The van der Waals surface area contributed by atoms with Crippen molar-refractivity contribution >= 4 is 17.6 Å². The molecule has 4 rings (SSSR count). The zero-order valence-corrected chi connectivity index (χ0v) is 18.2. The molecule has 1 unspecified atom stereocenters.